The Balaban J connectivity index is 1.58. The normalized spacial score (nSPS) is 13.5. The summed E-state index contributed by atoms with van der Waals surface area (Å²) in [6.07, 6.45) is 0. The van der Waals surface area contributed by atoms with Crippen LogP contribution in [0.5, 0.6) is 0 Å². The number of amides is 3. The molecule has 6 nitrogen and oxygen atoms in total. The van der Waals surface area contributed by atoms with E-state index in [-0.39, 0.29) is 32.4 Å². The first kappa shape index (κ1) is 24.8. The predicted molar refractivity (Wildman–Crippen MR) is 141 cm³/mol. The van der Waals surface area contributed by atoms with Gasteiger partial charge in [0.2, 0.25) is 0 Å². The number of rotatable bonds is 5. The third-order valence-corrected chi connectivity index (χ3v) is 6.67. The fourth-order valence-electron chi connectivity index (χ4n) is 3.94. The van der Waals surface area contributed by atoms with Crippen LogP contribution >= 0.6 is 34.8 Å². The largest absolute Gasteiger partial charge is 0.350 e. The van der Waals surface area contributed by atoms with Gasteiger partial charge in [-0.2, -0.15) is 0 Å². The number of hydrogen-bond acceptors (Lipinski definition) is 4. The Morgan fingerprint density at radius 1 is 0.857 bits per heavy atom. The highest BCUT2D eigenvalue weighted by Crippen LogP contribution is 2.37. The van der Waals surface area contributed by atoms with Crippen molar-refractivity contribution < 1.29 is 14.4 Å². The van der Waals surface area contributed by atoms with Crippen molar-refractivity contribution in [2.75, 3.05) is 15.5 Å². The SMILES string of the molecule is Cc1cc(C)c(NC(=O)c2cccc(NC3=C(Cl)C(=O)N(c4cccc(Cl)c4Cl)C3=O)c2)c(C)c1. The highest BCUT2D eigenvalue weighted by Gasteiger charge is 2.40. The van der Waals surface area contributed by atoms with E-state index in [1.165, 1.54) is 6.07 Å². The van der Waals surface area contributed by atoms with E-state index >= 15 is 0 Å². The van der Waals surface area contributed by atoms with Crippen LogP contribution in [0.3, 0.4) is 0 Å². The Morgan fingerprint density at radius 2 is 1.51 bits per heavy atom. The molecular formula is C26H20Cl3N3O3. The van der Waals surface area contributed by atoms with Crippen LogP contribution in [-0.2, 0) is 9.59 Å². The molecule has 0 atom stereocenters. The monoisotopic (exact) mass is 527 g/mol. The number of anilines is 3. The van der Waals surface area contributed by atoms with Gasteiger partial charge in [-0.05, 0) is 62.2 Å². The lowest BCUT2D eigenvalue weighted by atomic mass is 10.0. The molecule has 0 saturated heterocycles. The highest BCUT2D eigenvalue weighted by molar-refractivity contribution is 6.54. The van der Waals surface area contributed by atoms with Crippen LogP contribution in [0.2, 0.25) is 10.0 Å². The minimum absolute atomic E-state index is 0.0574. The summed E-state index contributed by atoms with van der Waals surface area (Å²) in [6, 6.07) is 15.1. The standard InChI is InChI=1S/C26H20Cl3N3O3/c1-13-10-14(2)22(15(3)11-13)31-24(33)16-6-4-7-17(12-16)30-23-21(29)25(34)32(26(23)35)19-9-5-8-18(27)20(19)28/h4-12,30H,1-3H3,(H,31,33). The summed E-state index contributed by atoms with van der Waals surface area (Å²) in [7, 11) is 0. The van der Waals surface area contributed by atoms with Gasteiger partial charge in [-0.1, -0.05) is 64.6 Å². The van der Waals surface area contributed by atoms with E-state index < -0.39 is 11.8 Å². The maximum atomic E-state index is 13.1. The van der Waals surface area contributed by atoms with Gasteiger partial charge in [0.15, 0.2) is 0 Å². The van der Waals surface area contributed by atoms with E-state index in [9.17, 15) is 14.4 Å². The predicted octanol–water partition coefficient (Wildman–Crippen LogP) is 6.61. The number of benzene rings is 3. The molecule has 3 amide bonds. The first-order valence-corrected chi connectivity index (χ1v) is 11.7. The Labute approximate surface area is 217 Å². The molecule has 3 aromatic rings. The summed E-state index contributed by atoms with van der Waals surface area (Å²) >= 11 is 18.5. The average molecular weight is 529 g/mol. The Hall–Kier alpha value is -3.32. The topological polar surface area (TPSA) is 78.5 Å². The third-order valence-electron chi connectivity index (χ3n) is 5.51. The molecule has 4 rings (SSSR count). The number of carbonyl (C=O) groups is 3. The number of nitrogens with one attached hydrogen (secondary N) is 2. The van der Waals surface area contributed by atoms with Crippen molar-refractivity contribution in [2.45, 2.75) is 20.8 Å². The van der Waals surface area contributed by atoms with Crippen molar-refractivity contribution in [3.05, 3.63) is 97.6 Å². The minimum Gasteiger partial charge on any atom is -0.350 e. The molecule has 9 heteroatoms. The van der Waals surface area contributed by atoms with Gasteiger partial charge in [0.05, 0.1) is 15.7 Å². The fraction of sp³-hybridized carbons (Fsp3) is 0.115. The number of halogens is 3. The number of nitrogens with zero attached hydrogens (tertiary/aromatic N) is 1. The van der Waals surface area contributed by atoms with Gasteiger partial charge >= 0.3 is 0 Å². The Kier molecular flexibility index (Phi) is 6.90. The third kappa shape index (κ3) is 4.78. The number of hydrogen-bond donors (Lipinski definition) is 2. The van der Waals surface area contributed by atoms with Gasteiger partial charge in [-0.25, -0.2) is 4.90 Å². The molecule has 0 aromatic heterocycles. The molecule has 0 aliphatic carbocycles. The molecule has 178 valence electrons. The maximum absolute atomic E-state index is 13.1. The van der Waals surface area contributed by atoms with E-state index in [1.807, 2.05) is 32.9 Å². The second-order valence-electron chi connectivity index (χ2n) is 8.14. The first-order chi connectivity index (χ1) is 16.6. The Bertz CT molecular complexity index is 1410. The minimum atomic E-state index is -0.734. The summed E-state index contributed by atoms with van der Waals surface area (Å²) in [5, 5.41) is 5.77. The molecular weight excluding hydrogens is 509 g/mol. The van der Waals surface area contributed by atoms with Crippen LogP contribution in [0, 0.1) is 20.8 Å². The van der Waals surface area contributed by atoms with Crippen LogP contribution in [-0.4, -0.2) is 17.7 Å². The number of aryl methyl sites for hydroxylation is 3. The highest BCUT2D eigenvalue weighted by atomic mass is 35.5. The van der Waals surface area contributed by atoms with Crippen molar-refractivity contribution in [3.8, 4) is 0 Å². The zero-order chi connectivity index (χ0) is 25.4. The molecule has 35 heavy (non-hydrogen) atoms. The maximum Gasteiger partial charge on any atom is 0.283 e. The van der Waals surface area contributed by atoms with Crippen molar-refractivity contribution in [1.82, 2.24) is 0 Å². The van der Waals surface area contributed by atoms with Crippen molar-refractivity contribution in [3.63, 3.8) is 0 Å². The summed E-state index contributed by atoms with van der Waals surface area (Å²) < 4.78 is 0. The summed E-state index contributed by atoms with van der Waals surface area (Å²) in [5.41, 5.74) is 4.53. The second-order valence-corrected chi connectivity index (χ2v) is 9.30. The van der Waals surface area contributed by atoms with Crippen molar-refractivity contribution in [2.24, 2.45) is 0 Å². The van der Waals surface area contributed by atoms with E-state index in [0.29, 0.717) is 11.3 Å². The Morgan fingerprint density at radius 3 is 2.20 bits per heavy atom. The van der Waals surface area contributed by atoms with Crippen LogP contribution in [0.15, 0.2) is 65.3 Å². The molecule has 0 spiro atoms. The molecule has 1 aliphatic heterocycles. The molecule has 3 aromatic carbocycles. The molecule has 0 radical (unpaired) electrons. The molecule has 2 N–H and O–H groups in total. The average Bonchev–Trinajstić information content (AvgIpc) is 3.01. The van der Waals surface area contributed by atoms with E-state index in [2.05, 4.69) is 10.6 Å². The molecule has 0 saturated carbocycles. The van der Waals surface area contributed by atoms with Crippen molar-refractivity contribution >= 4 is 69.6 Å². The molecule has 0 bridgehead atoms. The van der Waals surface area contributed by atoms with Crippen molar-refractivity contribution in [1.29, 1.82) is 0 Å². The molecule has 1 aliphatic rings. The molecule has 0 fully saturated rings. The molecule has 1 heterocycles. The van der Waals surface area contributed by atoms with Gasteiger partial charge in [0, 0.05) is 16.9 Å². The smallest absolute Gasteiger partial charge is 0.283 e. The lowest BCUT2D eigenvalue weighted by Gasteiger charge is -2.17. The van der Waals surface area contributed by atoms with Crippen LogP contribution in [0.1, 0.15) is 27.0 Å². The van der Waals surface area contributed by atoms with E-state index in [4.69, 9.17) is 34.8 Å². The summed E-state index contributed by atoms with van der Waals surface area (Å²) in [6.45, 7) is 5.86. The molecule has 0 unspecified atom stereocenters. The lowest BCUT2D eigenvalue weighted by Crippen LogP contribution is -2.32. The van der Waals surface area contributed by atoms with Crippen LogP contribution < -0.4 is 15.5 Å². The number of imide groups is 1. The van der Waals surface area contributed by atoms with Crippen LogP contribution in [0.25, 0.3) is 0 Å². The summed E-state index contributed by atoms with van der Waals surface area (Å²) in [5.74, 6) is -1.74. The number of carbonyl (C=O) groups excluding carboxylic acids is 3. The van der Waals surface area contributed by atoms with E-state index in [0.717, 1.165) is 27.3 Å². The van der Waals surface area contributed by atoms with Gasteiger partial charge in [0.25, 0.3) is 17.7 Å². The van der Waals surface area contributed by atoms with Gasteiger partial charge < -0.3 is 10.6 Å². The lowest BCUT2D eigenvalue weighted by molar-refractivity contribution is -0.120. The zero-order valence-corrected chi connectivity index (χ0v) is 21.3. The quantitative estimate of drug-likeness (QED) is 0.365. The van der Waals surface area contributed by atoms with Gasteiger partial charge in [-0.3, -0.25) is 14.4 Å². The zero-order valence-electron chi connectivity index (χ0n) is 19.0. The van der Waals surface area contributed by atoms with Gasteiger partial charge in [0.1, 0.15) is 10.7 Å². The fourth-order valence-corrected chi connectivity index (χ4v) is 4.53. The van der Waals surface area contributed by atoms with Crippen LogP contribution in [0.4, 0.5) is 17.1 Å². The second kappa shape index (κ2) is 9.74. The first-order valence-electron chi connectivity index (χ1n) is 10.6. The summed E-state index contributed by atoms with van der Waals surface area (Å²) in [4.78, 5) is 39.6. The van der Waals surface area contributed by atoms with E-state index in [1.54, 1.807) is 36.4 Å². The van der Waals surface area contributed by atoms with Gasteiger partial charge in [-0.15, -0.1) is 0 Å².